The van der Waals surface area contributed by atoms with Gasteiger partial charge in [-0.3, -0.25) is 0 Å². The van der Waals surface area contributed by atoms with Gasteiger partial charge in [0.05, 0.1) is 22.7 Å². The van der Waals surface area contributed by atoms with E-state index in [0.29, 0.717) is 5.56 Å². The lowest BCUT2D eigenvalue weighted by Crippen LogP contribution is -1.78. The Balaban J connectivity index is 2.21. The summed E-state index contributed by atoms with van der Waals surface area (Å²) in [5, 5.41) is 13.0. The summed E-state index contributed by atoms with van der Waals surface area (Å²) >= 11 is 1.67. The van der Waals surface area contributed by atoms with Crippen molar-refractivity contribution in [3.8, 4) is 17.5 Å². The molecule has 1 aromatic carbocycles. The van der Waals surface area contributed by atoms with Crippen molar-refractivity contribution in [3.05, 3.63) is 40.1 Å². The summed E-state index contributed by atoms with van der Waals surface area (Å²) in [5.41, 5.74) is 4.79. The van der Waals surface area contributed by atoms with Crippen molar-refractivity contribution in [3.63, 3.8) is 0 Å². The first-order valence-corrected chi connectivity index (χ1v) is 6.15. The van der Waals surface area contributed by atoms with Crippen LogP contribution in [0.25, 0.3) is 22.4 Å². The summed E-state index contributed by atoms with van der Waals surface area (Å²) < 4.78 is 0. The van der Waals surface area contributed by atoms with Gasteiger partial charge in [-0.05, 0) is 36.1 Å². The Kier molecular flexibility index (Phi) is 2.20. The SMILES string of the molecule is Cc1cscc1-c1nc2ccc(C#N)cc2[nH]1. The molecule has 0 aliphatic heterocycles. The topological polar surface area (TPSA) is 52.5 Å². The van der Waals surface area contributed by atoms with Crippen LogP contribution in [0.2, 0.25) is 0 Å². The van der Waals surface area contributed by atoms with Gasteiger partial charge in [0.1, 0.15) is 5.82 Å². The van der Waals surface area contributed by atoms with Gasteiger partial charge in [-0.25, -0.2) is 4.98 Å². The lowest BCUT2D eigenvalue weighted by Gasteiger charge is -1.92. The van der Waals surface area contributed by atoms with Crippen molar-refractivity contribution >= 4 is 22.4 Å². The molecule has 0 aliphatic rings. The second-order valence-electron chi connectivity index (χ2n) is 3.90. The molecule has 0 fully saturated rings. The Bertz CT molecular complexity index is 731. The average molecular weight is 239 g/mol. The molecule has 3 nitrogen and oxygen atoms in total. The first-order chi connectivity index (χ1) is 8.28. The summed E-state index contributed by atoms with van der Waals surface area (Å²) in [6, 6.07) is 7.61. The third-order valence-electron chi connectivity index (χ3n) is 2.72. The second-order valence-corrected chi connectivity index (χ2v) is 4.64. The number of hydrogen-bond donors (Lipinski definition) is 1. The van der Waals surface area contributed by atoms with Crippen LogP contribution < -0.4 is 0 Å². The third-order valence-corrected chi connectivity index (χ3v) is 3.58. The lowest BCUT2D eigenvalue weighted by atomic mass is 10.2. The van der Waals surface area contributed by atoms with Gasteiger partial charge in [0, 0.05) is 10.9 Å². The number of thiophene rings is 1. The van der Waals surface area contributed by atoms with Crippen molar-refractivity contribution in [1.29, 1.82) is 5.26 Å². The van der Waals surface area contributed by atoms with Crippen molar-refractivity contribution in [2.45, 2.75) is 6.92 Å². The number of hydrogen-bond acceptors (Lipinski definition) is 3. The number of nitriles is 1. The Morgan fingerprint density at radius 1 is 1.35 bits per heavy atom. The standard InChI is InChI=1S/C13H9N3S/c1-8-6-17-7-10(8)13-15-11-3-2-9(5-14)4-12(11)16-13/h2-4,6-7H,1H3,(H,15,16). The molecule has 0 saturated heterocycles. The minimum atomic E-state index is 0.648. The number of fused-ring (bicyclic) bond motifs is 1. The number of aromatic amines is 1. The van der Waals surface area contributed by atoms with Crippen LogP contribution in [0.1, 0.15) is 11.1 Å². The number of rotatable bonds is 1. The number of H-pyrrole nitrogens is 1. The Morgan fingerprint density at radius 3 is 2.94 bits per heavy atom. The predicted molar refractivity (Wildman–Crippen MR) is 68.9 cm³/mol. The van der Waals surface area contributed by atoms with E-state index in [4.69, 9.17) is 5.26 Å². The second kappa shape index (κ2) is 3.72. The molecule has 0 aliphatic carbocycles. The molecule has 0 unspecified atom stereocenters. The van der Waals surface area contributed by atoms with Crippen LogP contribution in [0.4, 0.5) is 0 Å². The van der Waals surface area contributed by atoms with E-state index in [-0.39, 0.29) is 0 Å². The fraction of sp³-hybridized carbons (Fsp3) is 0.0769. The molecular weight excluding hydrogens is 230 g/mol. The van der Waals surface area contributed by atoms with E-state index in [2.05, 4.69) is 33.7 Å². The third kappa shape index (κ3) is 1.61. The van der Waals surface area contributed by atoms with Crippen molar-refractivity contribution < 1.29 is 0 Å². The largest absolute Gasteiger partial charge is 0.338 e. The molecule has 17 heavy (non-hydrogen) atoms. The normalized spacial score (nSPS) is 10.6. The highest BCUT2D eigenvalue weighted by Crippen LogP contribution is 2.26. The zero-order valence-corrected chi connectivity index (χ0v) is 10.0. The van der Waals surface area contributed by atoms with Gasteiger partial charge in [-0.15, -0.1) is 0 Å². The molecule has 0 radical (unpaired) electrons. The number of nitrogens with one attached hydrogen (secondary N) is 1. The number of aryl methyl sites for hydroxylation is 1. The molecule has 0 spiro atoms. The van der Waals surface area contributed by atoms with E-state index in [1.165, 1.54) is 5.56 Å². The van der Waals surface area contributed by atoms with Crippen molar-refractivity contribution in [2.75, 3.05) is 0 Å². The van der Waals surface area contributed by atoms with Crippen molar-refractivity contribution in [1.82, 2.24) is 9.97 Å². The van der Waals surface area contributed by atoms with Crippen molar-refractivity contribution in [2.24, 2.45) is 0 Å². The Labute approximate surface area is 102 Å². The maximum Gasteiger partial charge on any atom is 0.139 e. The molecule has 0 bridgehead atoms. The van der Waals surface area contributed by atoms with Gasteiger partial charge in [-0.2, -0.15) is 16.6 Å². The van der Waals surface area contributed by atoms with Gasteiger partial charge in [0.25, 0.3) is 0 Å². The first-order valence-electron chi connectivity index (χ1n) is 5.21. The van der Waals surface area contributed by atoms with Crippen LogP contribution in [-0.2, 0) is 0 Å². The molecular formula is C13H9N3S. The number of imidazole rings is 1. The molecule has 2 heterocycles. The van der Waals surface area contributed by atoms with E-state index in [9.17, 15) is 0 Å². The highest BCUT2D eigenvalue weighted by Gasteiger charge is 2.08. The monoisotopic (exact) mass is 239 g/mol. The minimum Gasteiger partial charge on any atom is -0.338 e. The van der Waals surface area contributed by atoms with Gasteiger partial charge in [0.15, 0.2) is 0 Å². The predicted octanol–water partition coefficient (Wildman–Crippen LogP) is 3.47. The molecule has 0 atom stereocenters. The van der Waals surface area contributed by atoms with Crippen LogP contribution in [-0.4, -0.2) is 9.97 Å². The Morgan fingerprint density at radius 2 is 2.24 bits per heavy atom. The summed E-state index contributed by atoms with van der Waals surface area (Å²) in [6.45, 7) is 2.07. The maximum absolute atomic E-state index is 8.85. The van der Waals surface area contributed by atoms with Crippen LogP contribution in [0.15, 0.2) is 29.0 Å². The van der Waals surface area contributed by atoms with Crippen LogP contribution in [0.3, 0.4) is 0 Å². The molecule has 1 N–H and O–H groups in total. The summed E-state index contributed by atoms with van der Waals surface area (Å²) in [6.07, 6.45) is 0. The maximum atomic E-state index is 8.85. The zero-order chi connectivity index (χ0) is 11.8. The molecule has 2 aromatic heterocycles. The fourth-order valence-electron chi connectivity index (χ4n) is 1.81. The average Bonchev–Trinajstić information content (AvgIpc) is 2.93. The quantitative estimate of drug-likeness (QED) is 0.707. The summed E-state index contributed by atoms with van der Waals surface area (Å²) in [5.74, 6) is 0.869. The summed E-state index contributed by atoms with van der Waals surface area (Å²) in [4.78, 5) is 7.79. The van der Waals surface area contributed by atoms with E-state index in [0.717, 1.165) is 22.4 Å². The highest BCUT2D eigenvalue weighted by atomic mass is 32.1. The van der Waals surface area contributed by atoms with Gasteiger partial charge >= 0.3 is 0 Å². The van der Waals surface area contributed by atoms with E-state index < -0.39 is 0 Å². The molecule has 82 valence electrons. The molecule has 3 aromatic rings. The summed E-state index contributed by atoms with van der Waals surface area (Å²) in [7, 11) is 0. The minimum absolute atomic E-state index is 0.648. The number of aromatic nitrogens is 2. The number of benzene rings is 1. The first kappa shape index (κ1) is 10.1. The van der Waals surface area contributed by atoms with Crippen LogP contribution in [0, 0.1) is 18.3 Å². The van der Waals surface area contributed by atoms with Gasteiger partial charge in [-0.1, -0.05) is 0 Å². The smallest absolute Gasteiger partial charge is 0.139 e. The molecule has 0 saturated carbocycles. The highest BCUT2D eigenvalue weighted by molar-refractivity contribution is 7.08. The zero-order valence-electron chi connectivity index (χ0n) is 9.19. The lowest BCUT2D eigenvalue weighted by molar-refractivity contribution is 1.32. The Hall–Kier alpha value is -2.12. The number of nitrogens with zero attached hydrogens (tertiary/aromatic N) is 2. The van der Waals surface area contributed by atoms with Gasteiger partial charge in [0.2, 0.25) is 0 Å². The molecule has 4 heteroatoms. The van der Waals surface area contributed by atoms with Crippen LogP contribution in [0.5, 0.6) is 0 Å². The fourth-order valence-corrected chi connectivity index (χ4v) is 2.64. The molecule has 0 amide bonds. The van der Waals surface area contributed by atoms with E-state index >= 15 is 0 Å². The molecule has 3 rings (SSSR count). The van der Waals surface area contributed by atoms with E-state index in [1.807, 2.05) is 12.1 Å². The van der Waals surface area contributed by atoms with Crippen LogP contribution >= 0.6 is 11.3 Å². The van der Waals surface area contributed by atoms with Gasteiger partial charge < -0.3 is 4.98 Å². The van der Waals surface area contributed by atoms with E-state index in [1.54, 1.807) is 17.4 Å².